The zero-order valence-electron chi connectivity index (χ0n) is 28.4. The molecular formula is C31H34N14O8. The minimum atomic E-state index is -1.25. The number of anilines is 4. The van der Waals surface area contributed by atoms with Gasteiger partial charge in [0, 0.05) is 84.3 Å². The first-order valence-corrected chi connectivity index (χ1v) is 15.7. The zero-order chi connectivity index (χ0) is 38.2. The molecule has 0 aromatic carbocycles. The molecule has 9 N–H and O–H groups in total. The van der Waals surface area contributed by atoms with Gasteiger partial charge >= 0.3 is 5.97 Å². The van der Waals surface area contributed by atoms with Gasteiger partial charge in [0.25, 0.3) is 23.6 Å². The third-order valence-electron chi connectivity index (χ3n) is 7.35. The molecule has 5 rings (SSSR count). The van der Waals surface area contributed by atoms with Crippen LogP contribution in [0.4, 0.5) is 23.0 Å². The average Bonchev–Trinajstić information content (AvgIpc) is 3.94. The van der Waals surface area contributed by atoms with E-state index in [2.05, 4.69) is 56.8 Å². The van der Waals surface area contributed by atoms with E-state index in [1.165, 1.54) is 59.3 Å². The van der Waals surface area contributed by atoms with Crippen molar-refractivity contribution < 1.29 is 38.7 Å². The SMILES string of the molecule is Cn1cc(NC(=O)CCNC(=O)c2cc(NC(=O)c3nc(NC(=O)CCNC(=O)c4cc(NC(=O)c5nccn5C)c[nH]4)cn3C)c[nH]2)nc1C(=O)O. The van der Waals surface area contributed by atoms with Gasteiger partial charge in [-0.2, -0.15) is 0 Å². The number of nitrogens with one attached hydrogen (secondary N) is 8. The van der Waals surface area contributed by atoms with Gasteiger partial charge in [0.05, 0.1) is 11.4 Å². The molecule has 0 unspecified atom stereocenters. The molecule has 6 amide bonds. The number of carbonyl (C=O) groups is 7. The van der Waals surface area contributed by atoms with E-state index in [0.717, 1.165) is 0 Å². The molecule has 0 saturated carbocycles. The summed E-state index contributed by atoms with van der Waals surface area (Å²) in [5.41, 5.74) is 0.866. The average molecular weight is 731 g/mol. The number of aromatic carboxylic acids is 1. The second-order valence-corrected chi connectivity index (χ2v) is 11.4. The number of imidazole rings is 3. The van der Waals surface area contributed by atoms with Crippen molar-refractivity contribution in [1.82, 2.24) is 49.3 Å². The van der Waals surface area contributed by atoms with Crippen LogP contribution in [0, 0.1) is 0 Å². The molecule has 0 bridgehead atoms. The number of H-pyrrole nitrogens is 2. The molecule has 0 radical (unpaired) electrons. The van der Waals surface area contributed by atoms with E-state index in [4.69, 9.17) is 5.11 Å². The highest BCUT2D eigenvalue weighted by Gasteiger charge is 2.19. The van der Waals surface area contributed by atoms with Gasteiger partial charge in [-0.15, -0.1) is 0 Å². The summed E-state index contributed by atoms with van der Waals surface area (Å²) in [5, 5.41) is 24.5. The number of hydrogen-bond acceptors (Lipinski definition) is 10. The third-order valence-corrected chi connectivity index (χ3v) is 7.35. The quantitative estimate of drug-likeness (QED) is 0.0704. The lowest BCUT2D eigenvalue weighted by Crippen LogP contribution is -2.28. The molecule has 276 valence electrons. The minimum Gasteiger partial charge on any atom is -0.475 e. The molecule has 22 heteroatoms. The van der Waals surface area contributed by atoms with Crippen LogP contribution < -0.4 is 31.9 Å². The normalized spacial score (nSPS) is 10.7. The fourth-order valence-electron chi connectivity index (χ4n) is 4.80. The molecule has 0 atom stereocenters. The molecule has 0 aliphatic rings. The summed E-state index contributed by atoms with van der Waals surface area (Å²) >= 11 is 0. The van der Waals surface area contributed by atoms with Crippen molar-refractivity contribution in [2.75, 3.05) is 34.4 Å². The lowest BCUT2D eigenvalue weighted by molar-refractivity contribution is -0.116. The van der Waals surface area contributed by atoms with Gasteiger partial charge < -0.3 is 60.7 Å². The first-order chi connectivity index (χ1) is 25.3. The van der Waals surface area contributed by atoms with E-state index in [0.29, 0.717) is 5.69 Å². The molecular weight excluding hydrogens is 696 g/mol. The van der Waals surface area contributed by atoms with Gasteiger partial charge in [-0.1, -0.05) is 0 Å². The predicted octanol–water partition coefficient (Wildman–Crippen LogP) is 0.263. The van der Waals surface area contributed by atoms with Crippen LogP contribution in [-0.4, -0.2) is 98.2 Å². The van der Waals surface area contributed by atoms with Crippen LogP contribution in [0.25, 0.3) is 0 Å². The van der Waals surface area contributed by atoms with Gasteiger partial charge in [0.2, 0.25) is 23.5 Å². The van der Waals surface area contributed by atoms with Gasteiger partial charge in [0.1, 0.15) is 11.4 Å². The highest BCUT2D eigenvalue weighted by Crippen LogP contribution is 2.14. The van der Waals surface area contributed by atoms with Crippen molar-refractivity contribution in [2.24, 2.45) is 21.1 Å². The van der Waals surface area contributed by atoms with Gasteiger partial charge in [-0.3, -0.25) is 28.8 Å². The number of rotatable bonds is 15. The third kappa shape index (κ3) is 9.39. The molecule has 22 nitrogen and oxygen atoms in total. The topological polar surface area (TPSA) is 297 Å². The van der Waals surface area contributed by atoms with Gasteiger partial charge in [0.15, 0.2) is 17.5 Å². The van der Waals surface area contributed by atoms with Crippen molar-refractivity contribution in [3.63, 3.8) is 0 Å². The number of carbonyl (C=O) groups excluding carboxylic acids is 6. The maximum absolute atomic E-state index is 12.9. The van der Waals surface area contributed by atoms with Crippen molar-refractivity contribution in [2.45, 2.75) is 12.8 Å². The van der Waals surface area contributed by atoms with E-state index in [-0.39, 0.29) is 72.1 Å². The summed E-state index contributed by atoms with van der Waals surface area (Å²) in [4.78, 5) is 103. The Morgan fingerprint density at radius 3 is 1.57 bits per heavy atom. The van der Waals surface area contributed by atoms with Crippen LogP contribution in [0.3, 0.4) is 0 Å². The number of carboxylic acids is 1. The molecule has 0 saturated heterocycles. The lowest BCUT2D eigenvalue weighted by Gasteiger charge is -2.04. The largest absolute Gasteiger partial charge is 0.475 e. The fraction of sp³-hybridized carbons (Fsp3) is 0.226. The van der Waals surface area contributed by atoms with Gasteiger partial charge in [-0.25, -0.2) is 19.7 Å². The Kier molecular flexibility index (Phi) is 11.1. The maximum atomic E-state index is 12.9. The Morgan fingerprint density at radius 2 is 1.11 bits per heavy atom. The number of nitrogens with zero attached hydrogens (tertiary/aromatic N) is 6. The summed E-state index contributed by atoms with van der Waals surface area (Å²) in [6.07, 6.45) is 8.49. The smallest absolute Gasteiger partial charge is 0.372 e. The number of amides is 6. The monoisotopic (exact) mass is 730 g/mol. The first-order valence-electron chi connectivity index (χ1n) is 15.7. The number of aromatic amines is 2. The summed E-state index contributed by atoms with van der Waals surface area (Å²) in [6, 6.07) is 2.82. The zero-order valence-corrected chi connectivity index (χ0v) is 28.4. The Bertz CT molecular complexity index is 2200. The number of aromatic nitrogens is 8. The molecule has 0 spiro atoms. The second kappa shape index (κ2) is 16.0. The lowest BCUT2D eigenvalue weighted by atomic mass is 10.3. The maximum Gasteiger partial charge on any atom is 0.372 e. The van der Waals surface area contributed by atoms with E-state index in [1.54, 1.807) is 24.9 Å². The predicted molar refractivity (Wildman–Crippen MR) is 185 cm³/mol. The van der Waals surface area contributed by atoms with E-state index in [9.17, 15) is 33.6 Å². The first kappa shape index (κ1) is 36.8. The standard InChI is InChI=1S/C31H34N14O8/c1-43-9-8-32-24(43)29(50)37-16-10-18(35-12-16)27(48)33-6-4-22(46)39-20-14-44(2)25(41-20)30(51)38-17-11-19(36-13-17)28(49)34-7-5-23(47)40-21-15-45(3)26(42-21)31(52)53/h8-15,35-36H,4-7H2,1-3H3,(H,33,48)(H,34,49)(H,37,50)(H,38,51)(H,39,46)(H,40,47)(H,52,53). The van der Waals surface area contributed by atoms with Crippen LogP contribution >= 0.6 is 0 Å². The van der Waals surface area contributed by atoms with Crippen LogP contribution in [-0.2, 0) is 30.7 Å². The van der Waals surface area contributed by atoms with E-state index >= 15 is 0 Å². The van der Waals surface area contributed by atoms with Crippen molar-refractivity contribution in [1.29, 1.82) is 0 Å². The van der Waals surface area contributed by atoms with Crippen molar-refractivity contribution in [3.05, 3.63) is 78.2 Å². The Hall–Kier alpha value is -7.52. The van der Waals surface area contributed by atoms with Crippen LogP contribution in [0.15, 0.2) is 49.3 Å². The van der Waals surface area contributed by atoms with E-state index < -0.39 is 41.4 Å². The van der Waals surface area contributed by atoms with Crippen molar-refractivity contribution >= 4 is 64.4 Å². The van der Waals surface area contributed by atoms with Crippen LogP contribution in [0.2, 0.25) is 0 Å². The summed E-state index contributed by atoms with van der Waals surface area (Å²) < 4.78 is 4.19. The second-order valence-electron chi connectivity index (χ2n) is 11.4. The minimum absolute atomic E-state index is 0.0179. The summed E-state index contributed by atoms with van der Waals surface area (Å²) in [6.45, 7) is -0.0592. The molecule has 0 aliphatic carbocycles. The molecule has 5 heterocycles. The number of hydrogen-bond donors (Lipinski definition) is 9. The number of aryl methyl sites for hydroxylation is 3. The van der Waals surface area contributed by atoms with Crippen LogP contribution in [0.1, 0.15) is 65.7 Å². The van der Waals surface area contributed by atoms with Crippen LogP contribution in [0.5, 0.6) is 0 Å². The van der Waals surface area contributed by atoms with Crippen molar-refractivity contribution in [3.8, 4) is 0 Å². The molecule has 5 aromatic heterocycles. The molecule has 0 aliphatic heterocycles. The summed E-state index contributed by atoms with van der Waals surface area (Å²) in [5.74, 6) is -4.30. The number of carboxylic acid groups (broad SMARTS) is 1. The Morgan fingerprint density at radius 1 is 0.642 bits per heavy atom. The molecule has 5 aromatic rings. The molecule has 0 fully saturated rings. The fourth-order valence-corrected chi connectivity index (χ4v) is 4.80. The highest BCUT2D eigenvalue weighted by molar-refractivity contribution is 6.04. The Balaban J connectivity index is 1.02. The van der Waals surface area contributed by atoms with E-state index in [1.807, 2.05) is 0 Å². The van der Waals surface area contributed by atoms with Gasteiger partial charge in [-0.05, 0) is 12.1 Å². The summed E-state index contributed by atoms with van der Waals surface area (Å²) in [7, 11) is 4.70. The highest BCUT2D eigenvalue weighted by atomic mass is 16.4. The molecule has 53 heavy (non-hydrogen) atoms. The Labute approximate surface area is 298 Å².